The fourth-order valence-corrected chi connectivity index (χ4v) is 2.47. The first-order valence-corrected chi connectivity index (χ1v) is 7.17. The molecule has 0 aliphatic carbocycles. The van der Waals surface area contributed by atoms with Gasteiger partial charge < -0.3 is 9.80 Å². The van der Waals surface area contributed by atoms with Crippen LogP contribution in [0.3, 0.4) is 0 Å². The third-order valence-corrected chi connectivity index (χ3v) is 3.85. The van der Waals surface area contributed by atoms with Crippen molar-refractivity contribution in [3.8, 4) is 0 Å². The van der Waals surface area contributed by atoms with Gasteiger partial charge >= 0.3 is 0 Å². The Balaban J connectivity index is 2.03. The zero-order chi connectivity index (χ0) is 13.8. The smallest absolute Gasteiger partial charge is 0.253 e. The van der Waals surface area contributed by atoms with E-state index in [2.05, 4.69) is 15.9 Å². The second kappa shape index (κ2) is 6.19. The Labute approximate surface area is 121 Å². The highest BCUT2D eigenvalue weighted by Gasteiger charge is 2.21. The number of benzene rings is 1. The average Bonchev–Trinajstić information content (AvgIpc) is 2.64. The lowest BCUT2D eigenvalue weighted by Crippen LogP contribution is -2.36. The predicted octanol–water partition coefficient (Wildman–Crippen LogP) is 2.14. The van der Waals surface area contributed by atoms with E-state index in [0.29, 0.717) is 25.2 Å². The molecule has 1 aliphatic rings. The molecule has 1 aromatic carbocycles. The van der Waals surface area contributed by atoms with Crippen LogP contribution in [0.15, 0.2) is 28.7 Å². The third-order valence-electron chi connectivity index (χ3n) is 3.32. The summed E-state index contributed by atoms with van der Waals surface area (Å²) in [5.41, 5.74) is 0.694. The maximum atomic E-state index is 12.3. The van der Waals surface area contributed by atoms with Crippen molar-refractivity contribution in [2.24, 2.45) is 0 Å². The van der Waals surface area contributed by atoms with Gasteiger partial charge in [-0.1, -0.05) is 15.9 Å². The second-order valence-electron chi connectivity index (χ2n) is 4.66. The minimum Gasteiger partial charge on any atom is -0.341 e. The first-order valence-electron chi connectivity index (χ1n) is 6.38. The molecule has 0 atom stereocenters. The maximum Gasteiger partial charge on any atom is 0.253 e. The van der Waals surface area contributed by atoms with E-state index in [4.69, 9.17) is 0 Å². The average molecular weight is 325 g/mol. The van der Waals surface area contributed by atoms with Crippen LogP contribution >= 0.6 is 15.9 Å². The van der Waals surface area contributed by atoms with E-state index >= 15 is 0 Å². The Kier molecular flexibility index (Phi) is 4.58. The normalized spacial score (nSPS) is 16.1. The van der Waals surface area contributed by atoms with Gasteiger partial charge in [0.1, 0.15) is 0 Å². The number of halogens is 1. The molecule has 2 rings (SSSR count). The Morgan fingerprint density at radius 2 is 1.58 bits per heavy atom. The van der Waals surface area contributed by atoms with Crippen molar-refractivity contribution in [1.82, 2.24) is 9.80 Å². The van der Waals surface area contributed by atoms with Gasteiger partial charge in [0.25, 0.3) is 5.91 Å². The highest BCUT2D eigenvalue weighted by atomic mass is 79.9. The number of carbonyl (C=O) groups is 2. The van der Waals surface area contributed by atoms with Crippen LogP contribution in [0.25, 0.3) is 0 Å². The summed E-state index contributed by atoms with van der Waals surface area (Å²) in [6.45, 7) is 4.25. The summed E-state index contributed by atoms with van der Waals surface area (Å²) in [6.07, 6.45) is 0.835. The molecule has 102 valence electrons. The minimum atomic E-state index is 0.0397. The standard InChI is InChI=1S/C14H17BrN2O2/c1-11(18)16-7-2-8-17(10-9-16)14(19)12-3-5-13(15)6-4-12/h3-6H,2,7-10H2,1H3. The predicted molar refractivity (Wildman–Crippen MR) is 76.9 cm³/mol. The number of hydrogen-bond donors (Lipinski definition) is 0. The van der Waals surface area contributed by atoms with Gasteiger partial charge in [0.2, 0.25) is 5.91 Å². The van der Waals surface area contributed by atoms with E-state index < -0.39 is 0 Å². The van der Waals surface area contributed by atoms with E-state index in [1.54, 1.807) is 11.8 Å². The van der Waals surface area contributed by atoms with Gasteiger partial charge in [-0.2, -0.15) is 0 Å². The van der Waals surface area contributed by atoms with Gasteiger partial charge in [0, 0.05) is 43.1 Å². The van der Waals surface area contributed by atoms with Crippen molar-refractivity contribution in [1.29, 1.82) is 0 Å². The van der Waals surface area contributed by atoms with Crippen molar-refractivity contribution in [2.45, 2.75) is 13.3 Å². The molecule has 5 heteroatoms. The van der Waals surface area contributed by atoms with Gasteiger partial charge in [-0.3, -0.25) is 9.59 Å². The molecular weight excluding hydrogens is 308 g/mol. The first-order chi connectivity index (χ1) is 9.08. The lowest BCUT2D eigenvalue weighted by Gasteiger charge is -2.21. The van der Waals surface area contributed by atoms with Crippen LogP contribution in [0.5, 0.6) is 0 Å². The van der Waals surface area contributed by atoms with E-state index in [9.17, 15) is 9.59 Å². The van der Waals surface area contributed by atoms with E-state index in [1.807, 2.05) is 29.2 Å². The number of nitrogens with zero attached hydrogens (tertiary/aromatic N) is 2. The van der Waals surface area contributed by atoms with Crippen LogP contribution < -0.4 is 0 Å². The molecule has 0 spiro atoms. The summed E-state index contributed by atoms with van der Waals surface area (Å²) >= 11 is 3.36. The first kappa shape index (κ1) is 14.1. The second-order valence-corrected chi connectivity index (χ2v) is 5.57. The molecule has 0 radical (unpaired) electrons. The van der Waals surface area contributed by atoms with Crippen LogP contribution in [0.1, 0.15) is 23.7 Å². The topological polar surface area (TPSA) is 40.6 Å². The Hall–Kier alpha value is -1.36. The zero-order valence-corrected chi connectivity index (χ0v) is 12.5. The van der Waals surface area contributed by atoms with E-state index in [0.717, 1.165) is 17.4 Å². The van der Waals surface area contributed by atoms with Crippen molar-refractivity contribution in [3.05, 3.63) is 34.3 Å². The number of amides is 2. The molecule has 0 aromatic heterocycles. The molecule has 0 bridgehead atoms. The summed E-state index contributed by atoms with van der Waals surface area (Å²) in [4.78, 5) is 27.3. The lowest BCUT2D eigenvalue weighted by atomic mass is 10.2. The SMILES string of the molecule is CC(=O)N1CCCN(C(=O)c2ccc(Br)cc2)CC1. The fraction of sp³-hybridized carbons (Fsp3) is 0.429. The van der Waals surface area contributed by atoms with Crippen LogP contribution in [0, 0.1) is 0 Å². The largest absolute Gasteiger partial charge is 0.341 e. The van der Waals surface area contributed by atoms with Gasteiger partial charge in [-0.05, 0) is 30.7 Å². The third kappa shape index (κ3) is 3.56. The van der Waals surface area contributed by atoms with Gasteiger partial charge in [0.05, 0.1) is 0 Å². The van der Waals surface area contributed by atoms with Crippen molar-refractivity contribution in [2.75, 3.05) is 26.2 Å². The van der Waals surface area contributed by atoms with E-state index in [-0.39, 0.29) is 11.8 Å². The molecule has 1 aromatic rings. The molecule has 19 heavy (non-hydrogen) atoms. The van der Waals surface area contributed by atoms with Crippen LogP contribution in [0.2, 0.25) is 0 Å². The maximum absolute atomic E-state index is 12.3. The van der Waals surface area contributed by atoms with Gasteiger partial charge in [0.15, 0.2) is 0 Å². The molecule has 4 nitrogen and oxygen atoms in total. The molecule has 1 fully saturated rings. The fourth-order valence-electron chi connectivity index (χ4n) is 2.21. The number of rotatable bonds is 1. The Bertz CT molecular complexity index is 473. The summed E-state index contributed by atoms with van der Waals surface area (Å²) in [7, 11) is 0. The molecular formula is C14H17BrN2O2. The quantitative estimate of drug-likeness (QED) is 0.794. The van der Waals surface area contributed by atoms with Crippen molar-refractivity contribution >= 4 is 27.7 Å². The molecule has 1 heterocycles. The minimum absolute atomic E-state index is 0.0397. The summed E-state index contributed by atoms with van der Waals surface area (Å²) in [6, 6.07) is 7.37. The highest BCUT2D eigenvalue weighted by molar-refractivity contribution is 9.10. The lowest BCUT2D eigenvalue weighted by molar-refractivity contribution is -0.128. The molecule has 0 unspecified atom stereocenters. The van der Waals surface area contributed by atoms with Crippen LogP contribution in [0.4, 0.5) is 0 Å². The zero-order valence-electron chi connectivity index (χ0n) is 10.9. The van der Waals surface area contributed by atoms with Crippen molar-refractivity contribution in [3.63, 3.8) is 0 Å². The molecule has 2 amide bonds. The molecule has 1 saturated heterocycles. The summed E-state index contributed by atoms with van der Waals surface area (Å²) in [5.74, 6) is 0.121. The Morgan fingerprint density at radius 1 is 1.00 bits per heavy atom. The van der Waals surface area contributed by atoms with Gasteiger partial charge in [-0.25, -0.2) is 0 Å². The monoisotopic (exact) mass is 324 g/mol. The highest BCUT2D eigenvalue weighted by Crippen LogP contribution is 2.13. The Morgan fingerprint density at radius 3 is 2.21 bits per heavy atom. The molecule has 0 N–H and O–H groups in total. The van der Waals surface area contributed by atoms with Gasteiger partial charge in [-0.15, -0.1) is 0 Å². The summed E-state index contributed by atoms with van der Waals surface area (Å²) in [5, 5.41) is 0. The van der Waals surface area contributed by atoms with Crippen LogP contribution in [-0.4, -0.2) is 47.8 Å². The molecule has 0 saturated carbocycles. The van der Waals surface area contributed by atoms with Crippen LogP contribution in [-0.2, 0) is 4.79 Å². The number of carbonyl (C=O) groups excluding carboxylic acids is 2. The van der Waals surface area contributed by atoms with Crippen molar-refractivity contribution < 1.29 is 9.59 Å². The molecule has 1 aliphatic heterocycles. The number of hydrogen-bond acceptors (Lipinski definition) is 2. The van der Waals surface area contributed by atoms with E-state index in [1.165, 1.54) is 0 Å². The summed E-state index contributed by atoms with van der Waals surface area (Å²) < 4.78 is 0.961.